The first-order valence-electron chi connectivity index (χ1n) is 8.66. The van der Waals surface area contributed by atoms with Crippen molar-refractivity contribution in [2.24, 2.45) is 0 Å². The van der Waals surface area contributed by atoms with E-state index >= 15 is 0 Å². The SMILES string of the molecule is COc1ccc(CNC(=O)NC2CCN(C(=O)c3ccco3)CC2)cc1. The lowest BCUT2D eigenvalue weighted by Gasteiger charge is -2.31. The Morgan fingerprint density at radius 2 is 1.92 bits per heavy atom. The number of ether oxygens (including phenoxy) is 1. The molecule has 0 bridgehead atoms. The maximum Gasteiger partial charge on any atom is 0.315 e. The van der Waals surface area contributed by atoms with Crippen molar-refractivity contribution in [3.63, 3.8) is 0 Å². The Balaban J connectivity index is 1.39. The number of hydrogen-bond acceptors (Lipinski definition) is 4. The molecule has 0 atom stereocenters. The Labute approximate surface area is 152 Å². The highest BCUT2D eigenvalue weighted by molar-refractivity contribution is 5.91. The third kappa shape index (κ3) is 4.56. The van der Waals surface area contributed by atoms with Crippen molar-refractivity contribution in [3.05, 3.63) is 54.0 Å². The van der Waals surface area contributed by atoms with Crippen molar-refractivity contribution < 1.29 is 18.7 Å². The molecular weight excluding hydrogens is 334 g/mol. The van der Waals surface area contributed by atoms with Crippen LogP contribution in [0.25, 0.3) is 0 Å². The topological polar surface area (TPSA) is 83.8 Å². The van der Waals surface area contributed by atoms with E-state index in [1.54, 1.807) is 24.1 Å². The Morgan fingerprint density at radius 3 is 2.54 bits per heavy atom. The van der Waals surface area contributed by atoms with E-state index in [1.807, 2.05) is 24.3 Å². The number of furan rings is 1. The molecule has 26 heavy (non-hydrogen) atoms. The summed E-state index contributed by atoms with van der Waals surface area (Å²) in [4.78, 5) is 26.0. The number of carbonyl (C=O) groups excluding carboxylic acids is 2. The predicted octanol–water partition coefficient (Wildman–Crippen LogP) is 2.39. The molecular formula is C19H23N3O4. The summed E-state index contributed by atoms with van der Waals surface area (Å²) in [7, 11) is 1.62. The van der Waals surface area contributed by atoms with Crippen LogP contribution in [0.3, 0.4) is 0 Å². The number of methoxy groups -OCH3 is 1. The van der Waals surface area contributed by atoms with Crippen LogP contribution in [0.1, 0.15) is 29.0 Å². The van der Waals surface area contributed by atoms with Gasteiger partial charge in [-0.3, -0.25) is 4.79 Å². The second-order valence-electron chi connectivity index (χ2n) is 6.22. The molecule has 3 rings (SSSR count). The van der Waals surface area contributed by atoms with Gasteiger partial charge in [0.2, 0.25) is 0 Å². The monoisotopic (exact) mass is 357 g/mol. The molecule has 2 heterocycles. The summed E-state index contributed by atoms with van der Waals surface area (Å²) in [6.07, 6.45) is 2.94. The summed E-state index contributed by atoms with van der Waals surface area (Å²) in [5, 5.41) is 5.82. The van der Waals surface area contributed by atoms with E-state index in [4.69, 9.17) is 9.15 Å². The van der Waals surface area contributed by atoms with Gasteiger partial charge in [-0.25, -0.2) is 4.79 Å². The molecule has 1 saturated heterocycles. The predicted molar refractivity (Wildman–Crippen MR) is 96.0 cm³/mol. The number of piperidine rings is 1. The lowest BCUT2D eigenvalue weighted by Crippen LogP contribution is -2.49. The second kappa shape index (κ2) is 8.42. The fraction of sp³-hybridized carbons (Fsp3) is 0.368. The van der Waals surface area contributed by atoms with Gasteiger partial charge in [-0.2, -0.15) is 0 Å². The molecule has 7 nitrogen and oxygen atoms in total. The van der Waals surface area contributed by atoms with Gasteiger partial charge in [0.25, 0.3) is 5.91 Å². The van der Waals surface area contributed by atoms with Crippen molar-refractivity contribution in [3.8, 4) is 5.75 Å². The van der Waals surface area contributed by atoms with Gasteiger partial charge in [0.1, 0.15) is 5.75 Å². The molecule has 1 aromatic heterocycles. The molecule has 0 spiro atoms. The third-order valence-electron chi connectivity index (χ3n) is 4.46. The Kier molecular flexibility index (Phi) is 5.78. The number of rotatable bonds is 5. The van der Waals surface area contributed by atoms with Gasteiger partial charge in [-0.15, -0.1) is 0 Å². The maximum atomic E-state index is 12.2. The number of nitrogens with zero attached hydrogens (tertiary/aromatic N) is 1. The fourth-order valence-corrected chi connectivity index (χ4v) is 2.95. The van der Waals surface area contributed by atoms with Gasteiger partial charge in [0, 0.05) is 25.7 Å². The summed E-state index contributed by atoms with van der Waals surface area (Å²) in [5.74, 6) is 1.04. The van der Waals surface area contributed by atoms with E-state index in [0.717, 1.165) is 24.2 Å². The van der Waals surface area contributed by atoms with Crippen LogP contribution in [-0.2, 0) is 6.54 Å². The van der Waals surface area contributed by atoms with E-state index in [2.05, 4.69) is 10.6 Å². The van der Waals surface area contributed by atoms with Crippen LogP contribution in [-0.4, -0.2) is 43.1 Å². The first-order chi connectivity index (χ1) is 12.7. The van der Waals surface area contributed by atoms with Crippen LogP contribution in [0, 0.1) is 0 Å². The third-order valence-corrected chi connectivity index (χ3v) is 4.46. The second-order valence-corrected chi connectivity index (χ2v) is 6.22. The average Bonchev–Trinajstić information content (AvgIpc) is 3.21. The molecule has 0 unspecified atom stereocenters. The van der Waals surface area contributed by atoms with Crippen molar-refractivity contribution in [2.75, 3.05) is 20.2 Å². The Bertz CT molecular complexity index is 720. The van der Waals surface area contributed by atoms with Crippen molar-refractivity contribution in [1.29, 1.82) is 0 Å². The normalized spacial score (nSPS) is 14.7. The van der Waals surface area contributed by atoms with Crippen molar-refractivity contribution >= 4 is 11.9 Å². The van der Waals surface area contributed by atoms with Gasteiger partial charge in [0.15, 0.2) is 5.76 Å². The van der Waals surface area contributed by atoms with Gasteiger partial charge in [-0.1, -0.05) is 12.1 Å². The molecule has 1 aromatic carbocycles. The number of urea groups is 1. The minimum Gasteiger partial charge on any atom is -0.497 e. The number of nitrogens with one attached hydrogen (secondary N) is 2. The summed E-state index contributed by atoms with van der Waals surface area (Å²) in [6, 6.07) is 10.8. The molecule has 0 radical (unpaired) electrons. The summed E-state index contributed by atoms with van der Waals surface area (Å²) in [6.45, 7) is 1.65. The van der Waals surface area contributed by atoms with Gasteiger partial charge < -0.3 is 24.7 Å². The maximum absolute atomic E-state index is 12.2. The highest BCUT2D eigenvalue weighted by Crippen LogP contribution is 2.14. The molecule has 138 valence electrons. The van der Waals surface area contributed by atoms with Crippen LogP contribution >= 0.6 is 0 Å². The molecule has 0 saturated carbocycles. The van der Waals surface area contributed by atoms with Crippen LogP contribution in [0.2, 0.25) is 0 Å². The zero-order valence-electron chi connectivity index (χ0n) is 14.7. The smallest absolute Gasteiger partial charge is 0.315 e. The van der Waals surface area contributed by atoms with E-state index in [-0.39, 0.29) is 18.0 Å². The average molecular weight is 357 g/mol. The Hall–Kier alpha value is -2.96. The van der Waals surface area contributed by atoms with Gasteiger partial charge in [-0.05, 0) is 42.7 Å². The number of benzene rings is 1. The minimum atomic E-state index is -0.198. The zero-order valence-corrected chi connectivity index (χ0v) is 14.7. The van der Waals surface area contributed by atoms with E-state index in [9.17, 15) is 9.59 Å². The molecule has 0 aliphatic carbocycles. The number of carbonyl (C=O) groups is 2. The molecule has 2 aromatic rings. The molecule has 7 heteroatoms. The van der Waals surface area contributed by atoms with E-state index < -0.39 is 0 Å². The molecule has 3 amide bonds. The van der Waals surface area contributed by atoms with Crippen molar-refractivity contribution in [1.82, 2.24) is 15.5 Å². The van der Waals surface area contributed by atoms with Gasteiger partial charge in [0.05, 0.1) is 13.4 Å². The molecule has 1 aliphatic heterocycles. The summed E-state index contributed by atoms with van der Waals surface area (Å²) >= 11 is 0. The summed E-state index contributed by atoms with van der Waals surface area (Å²) in [5.41, 5.74) is 1.000. The largest absolute Gasteiger partial charge is 0.497 e. The minimum absolute atomic E-state index is 0.0616. The quantitative estimate of drug-likeness (QED) is 0.861. The first-order valence-corrected chi connectivity index (χ1v) is 8.66. The Morgan fingerprint density at radius 1 is 1.19 bits per heavy atom. The van der Waals surface area contributed by atoms with Crippen LogP contribution in [0.5, 0.6) is 5.75 Å². The number of likely N-dealkylation sites (tertiary alicyclic amines) is 1. The van der Waals surface area contributed by atoms with Crippen molar-refractivity contribution in [2.45, 2.75) is 25.4 Å². The lowest BCUT2D eigenvalue weighted by atomic mass is 10.0. The van der Waals surface area contributed by atoms with Crippen LogP contribution < -0.4 is 15.4 Å². The van der Waals surface area contributed by atoms with E-state index in [1.165, 1.54) is 6.26 Å². The first kappa shape index (κ1) is 17.8. The highest BCUT2D eigenvalue weighted by atomic mass is 16.5. The molecule has 1 fully saturated rings. The summed E-state index contributed by atoms with van der Waals surface area (Å²) < 4.78 is 10.3. The van der Waals surface area contributed by atoms with Crippen LogP contribution in [0.15, 0.2) is 47.1 Å². The molecule has 2 N–H and O–H groups in total. The standard InChI is InChI=1S/C19H23N3O4/c1-25-16-6-4-14(5-7-16)13-20-19(24)21-15-8-10-22(11-9-15)18(23)17-3-2-12-26-17/h2-7,12,15H,8-11,13H2,1H3,(H2,20,21,24). The fourth-order valence-electron chi connectivity index (χ4n) is 2.95. The van der Waals surface area contributed by atoms with E-state index in [0.29, 0.717) is 25.4 Å². The highest BCUT2D eigenvalue weighted by Gasteiger charge is 2.25. The lowest BCUT2D eigenvalue weighted by molar-refractivity contribution is 0.0676. The zero-order chi connectivity index (χ0) is 18.4. The number of hydrogen-bond donors (Lipinski definition) is 2. The molecule has 1 aliphatic rings. The number of amides is 3. The van der Waals surface area contributed by atoms with Gasteiger partial charge >= 0.3 is 6.03 Å². The van der Waals surface area contributed by atoms with Crippen LogP contribution in [0.4, 0.5) is 4.79 Å².